The first-order chi connectivity index (χ1) is 15.2. The number of carbonyl (C=O) groups excluding carboxylic acids is 1. The van der Waals surface area contributed by atoms with Crippen molar-refractivity contribution >= 4 is 23.4 Å². The molecule has 32 heavy (non-hydrogen) atoms. The van der Waals surface area contributed by atoms with Gasteiger partial charge in [-0.1, -0.05) is 17.7 Å². The highest BCUT2D eigenvalue weighted by molar-refractivity contribution is 6.31. The molecule has 1 unspecified atom stereocenters. The molecule has 0 aliphatic carbocycles. The van der Waals surface area contributed by atoms with E-state index in [1.165, 1.54) is 19.2 Å². The van der Waals surface area contributed by atoms with Crippen molar-refractivity contribution in [1.82, 2.24) is 10.2 Å². The zero-order chi connectivity index (χ0) is 23.3. The summed E-state index contributed by atoms with van der Waals surface area (Å²) in [5.41, 5.74) is 0.307. The van der Waals surface area contributed by atoms with Crippen LogP contribution in [0.2, 0.25) is 5.02 Å². The fourth-order valence-electron chi connectivity index (χ4n) is 3.64. The largest absolute Gasteiger partial charge is 0.508 e. The maximum absolute atomic E-state index is 13.3. The van der Waals surface area contributed by atoms with Gasteiger partial charge in [0.05, 0.1) is 10.6 Å². The molecule has 0 saturated carbocycles. The Hall–Kier alpha value is -2.65. The lowest BCUT2D eigenvalue weighted by Gasteiger charge is -2.36. The Kier molecular flexibility index (Phi) is 7.73. The van der Waals surface area contributed by atoms with Crippen LogP contribution in [0, 0.1) is 0 Å². The third-order valence-corrected chi connectivity index (χ3v) is 5.75. The smallest absolute Gasteiger partial charge is 0.417 e. The Balaban J connectivity index is 1.64. The number of hydrogen-bond acceptors (Lipinski definition) is 5. The SMILES string of the molecule is CNC(=O)OC(CCN1CCN(c2ccc(O)cc2)CC1)c1ccc(Cl)c(C(F)(F)F)c1. The van der Waals surface area contributed by atoms with Crippen molar-refractivity contribution in [2.75, 3.05) is 44.7 Å². The molecule has 3 rings (SSSR count). The van der Waals surface area contributed by atoms with Crippen molar-refractivity contribution in [2.24, 2.45) is 0 Å². The maximum Gasteiger partial charge on any atom is 0.417 e. The summed E-state index contributed by atoms with van der Waals surface area (Å²) in [4.78, 5) is 16.2. The molecule has 1 amide bonds. The molecular weight excluding hydrogens is 447 g/mol. The number of amides is 1. The van der Waals surface area contributed by atoms with Crippen LogP contribution in [-0.2, 0) is 10.9 Å². The van der Waals surface area contributed by atoms with E-state index in [2.05, 4.69) is 15.1 Å². The van der Waals surface area contributed by atoms with Gasteiger partial charge >= 0.3 is 12.3 Å². The molecule has 174 valence electrons. The van der Waals surface area contributed by atoms with Crippen LogP contribution >= 0.6 is 11.6 Å². The predicted octanol–water partition coefficient (Wildman–Crippen LogP) is 4.67. The van der Waals surface area contributed by atoms with Gasteiger partial charge in [-0.3, -0.25) is 4.90 Å². The van der Waals surface area contributed by atoms with Crippen LogP contribution in [-0.4, -0.2) is 55.9 Å². The molecule has 1 aliphatic heterocycles. The first kappa shape index (κ1) is 24.0. The minimum absolute atomic E-state index is 0.213. The lowest BCUT2D eigenvalue weighted by Crippen LogP contribution is -2.46. The molecule has 2 aromatic rings. The van der Waals surface area contributed by atoms with Crippen LogP contribution in [0.4, 0.5) is 23.7 Å². The standard InChI is InChI=1S/C22H25ClF3N3O3/c1-27-21(31)32-20(15-2-7-19(23)18(14-15)22(24,25)26)8-9-28-10-12-29(13-11-28)16-3-5-17(30)6-4-16/h2-7,14,20,30H,8-13H2,1H3,(H,27,31). The molecule has 10 heteroatoms. The summed E-state index contributed by atoms with van der Waals surface area (Å²) in [5, 5.41) is 11.4. The van der Waals surface area contributed by atoms with E-state index in [9.17, 15) is 23.1 Å². The number of piperazine rings is 1. The number of aromatic hydroxyl groups is 1. The molecular formula is C22H25ClF3N3O3. The molecule has 0 spiro atoms. The number of halogens is 4. The minimum Gasteiger partial charge on any atom is -0.508 e. The molecule has 1 fully saturated rings. The number of anilines is 1. The number of alkyl halides is 3. The third-order valence-electron chi connectivity index (χ3n) is 5.42. The van der Waals surface area contributed by atoms with Gasteiger partial charge in [-0.2, -0.15) is 13.2 Å². The van der Waals surface area contributed by atoms with Gasteiger partial charge in [0.2, 0.25) is 0 Å². The van der Waals surface area contributed by atoms with E-state index in [1.54, 1.807) is 12.1 Å². The van der Waals surface area contributed by atoms with Crippen molar-refractivity contribution in [3.8, 4) is 5.75 Å². The third kappa shape index (κ3) is 6.20. The average molecular weight is 472 g/mol. The van der Waals surface area contributed by atoms with Crippen LogP contribution in [0.3, 0.4) is 0 Å². The summed E-state index contributed by atoms with van der Waals surface area (Å²) in [5.74, 6) is 0.213. The molecule has 0 radical (unpaired) electrons. The molecule has 1 saturated heterocycles. The van der Waals surface area contributed by atoms with E-state index in [1.807, 2.05) is 12.1 Å². The number of ether oxygens (including phenoxy) is 1. The van der Waals surface area contributed by atoms with Gasteiger partial charge < -0.3 is 20.1 Å². The van der Waals surface area contributed by atoms with E-state index in [4.69, 9.17) is 16.3 Å². The van der Waals surface area contributed by atoms with E-state index < -0.39 is 29.0 Å². The highest BCUT2D eigenvalue weighted by Crippen LogP contribution is 2.37. The lowest BCUT2D eigenvalue weighted by molar-refractivity contribution is -0.137. The van der Waals surface area contributed by atoms with Gasteiger partial charge in [-0.25, -0.2) is 4.79 Å². The molecule has 2 aromatic carbocycles. The van der Waals surface area contributed by atoms with E-state index in [0.29, 0.717) is 13.0 Å². The Labute approximate surface area is 189 Å². The first-order valence-corrected chi connectivity index (χ1v) is 10.6. The van der Waals surface area contributed by atoms with Crippen molar-refractivity contribution in [3.05, 3.63) is 58.6 Å². The lowest BCUT2D eigenvalue weighted by atomic mass is 10.0. The number of nitrogens with one attached hydrogen (secondary N) is 1. The molecule has 0 aromatic heterocycles. The number of alkyl carbamates (subject to hydrolysis) is 1. The second-order valence-corrected chi connectivity index (χ2v) is 7.92. The normalized spacial score (nSPS) is 16.0. The number of phenols is 1. The summed E-state index contributed by atoms with van der Waals surface area (Å²) < 4.78 is 45.2. The second kappa shape index (κ2) is 10.3. The highest BCUT2D eigenvalue weighted by Gasteiger charge is 2.34. The van der Waals surface area contributed by atoms with Gasteiger partial charge in [-0.15, -0.1) is 0 Å². The quantitative estimate of drug-likeness (QED) is 0.640. The summed E-state index contributed by atoms with van der Waals surface area (Å²) >= 11 is 5.72. The van der Waals surface area contributed by atoms with Gasteiger partial charge in [0.1, 0.15) is 11.9 Å². The Bertz CT molecular complexity index is 917. The molecule has 6 nitrogen and oxygen atoms in total. The van der Waals surface area contributed by atoms with Crippen LogP contribution in [0.25, 0.3) is 0 Å². The summed E-state index contributed by atoms with van der Waals surface area (Å²) in [7, 11) is 1.39. The fourth-order valence-corrected chi connectivity index (χ4v) is 3.86. The van der Waals surface area contributed by atoms with E-state index in [0.717, 1.165) is 37.9 Å². The number of phenolic OH excluding ortho intramolecular Hbond substituents is 1. The monoisotopic (exact) mass is 471 g/mol. The van der Waals surface area contributed by atoms with Gasteiger partial charge in [-0.05, 0) is 42.0 Å². The summed E-state index contributed by atoms with van der Waals surface area (Å²) in [6, 6.07) is 10.6. The zero-order valence-corrected chi connectivity index (χ0v) is 18.3. The number of hydrogen-bond donors (Lipinski definition) is 2. The predicted molar refractivity (Wildman–Crippen MR) is 116 cm³/mol. The zero-order valence-electron chi connectivity index (χ0n) is 17.5. The summed E-state index contributed by atoms with van der Waals surface area (Å²) in [6.45, 7) is 3.59. The molecule has 0 bridgehead atoms. The number of rotatable bonds is 6. The Morgan fingerprint density at radius 1 is 1.16 bits per heavy atom. The van der Waals surface area contributed by atoms with E-state index >= 15 is 0 Å². The molecule has 1 atom stereocenters. The van der Waals surface area contributed by atoms with Crippen molar-refractivity contribution in [1.29, 1.82) is 0 Å². The van der Waals surface area contributed by atoms with Crippen LogP contribution in [0.1, 0.15) is 23.7 Å². The Morgan fingerprint density at radius 2 is 1.81 bits per heavy atom. The summed E-state index contributed by atoms with van der Waals surface area (Å²) in [6.07, 6.45) is -5.82. The minimum atomic E-state index is -4.60. The van der Waals surface area contributed by atoms with Crippen molar-refractivity contribution in [3.63, 3.8) is 0 Å². The van der Waals surface area contributed by atoms with Crippen molar-refractivity contribution in [2.45, 2.75) is 18.7 Å². The van der Waals surface area contributed by atoms with Crippen LogP contribution < -0.4 is 10.2 Å². The molecule has 1 heterocycles. The van der Waals surface area contributed by atoms with Crippen molar-refractivity contribution < 1.29 is 27.8 Å². The van der Waals surface area contributed by atoms with Gasteiger partial charge in [0, 0.05) is 51.9 Å². The molecule has 1 aliphatic rings. The molecule has 2 N–H and O–H groups in total. The van der Waals surface area contributed by atoms with Crippen LogP contribution in [0.15, 0.2) is 42.5 Å². The Morgan fingerprint density at radius 3 is 2.41 bits per heavy atom. The second-order valence-electron chi connectivity index (χ2n) is 7.51. The number of carbonyl (C=O) groups is 1. The fraction of sp³-hybridized carbons (Fsp3) is 0.409. The van der Waals surface area contributed by atoms with Gasteiger partial charge in [0.25, 0.3) is 0 Å². The number of nitrogens with zero attached hydrogens (tertiary/aromatic N) is 2. The number of benzene rings is 2. The highest BCUT2D eigenvalue weighted by atomic mass is 35.5. The van der Waals surface area contributed by atoms with Gasteiger partial charge in [0.15, 0.2) is 0 Å². The maximum atomic E-state index is 13.3. The first-order valence-electron chi connectivity index (χ1n) is 10.2. The van der Waals surface area contributed by atoms with E-state index in [-0.39, 0.29) is 11.3 Å². The van der Waals surface area contributed by atoms with Crippen LogP contribution in [0.5, 0.6) is 5.75 Å². The average Bonchev–Trinajstić information content (AvgIpc) is 2.77. The topological polar surface area (TPSA) is 65.0 Å².